The minimum absolute atomic E-state index is 0.00428. The van der Waals surface area contributed by atoms with E-state index in [0.717, 1.165) is 16.7 Å². The van der Waals surface area contributed by atoms with Crippen LogP contribution in [-0.2, 0) is 27.2 Å². The molecule has 0 bridgehead atoms. The van der Waals surface area contributed by atoms with Gasteiger partial charge in [-0.3, -0.25) is 9.59 Å². The van der Waals surface area contributed by atoms with E-state index in [2.05, 4.69) is 11.1 Å². The van der Waals surface area contributed by atoms with Gasteiger partial charge in [0, 0.05) is 61.5 Å². The normalized spacial score (nSPS) is 16.6. The van der Waals surface area contributed by atoms with Crippen LogP contribution in [0.3, 0.4) is 0 Å². The molecule has 2 saturated heterocycles. The van der Waals surface area contributed by atoms with E-state index in [1.165, 1.54) is 30.5 Å². The maximum Gasteiger partial charge on any atom is 0.200 e. The molecule has 2 aromatic heterocycles. The smallest absolute Gasteiger partial charge is 0.200 e. The predicted molar refractivity (Wildman–Crippen MR) is 204 cm³/mol. The molecule has 2 aliphatic heterocycles. The molecule has 2 N–H and O–H groups in total. The number of pyridine rings is 2. The van der Waals surface area contributed by atoms with E-state index in [-0.39, 0.29) is 36.0 Å². The highest BCUT2D eigenvalue weighted by Crippen LogP contribution is 2.36. The fourth-order valence-corrected chi connectivity index (χ4v) is 6.90. The Labute approximate surface area is 318 Å². The Bertz CT molecular complexity index is 2260. The Hall–Kier alpha value is -5.87. The van der Waals surface area contributed by atoms with Crippen molar-refractivity contribution in [3.8, 4) is 50.9 Å². The third-order valence-corrected chi connectivity index (χ3v) is 10.1. The zero-order valence-electron chi connectivity index (χ0n) is 30.5. The van der Waals surface area contributed by atoms with Crippen LogP contribution in [-0.4, -0.2) is 68.2 Å². The van der Waals surface area contributed by atoms with Crippen molar-refractivity contribution in [2.24, 2.45) is 5.41 Å². The number of carbonyl (C=O) groups is 1. The summed E-state index contributed by atoms with van der Waals surface area (Å²) in [6.45, 7) is 3.13. The number of nitriles is 1. The van der Waals surface area contributed by atoms with Crippen LogP contribution in [0.25, 0.3) is 33.4 Å². The van der Waals surface area contributed by atoms with Gasteiger partial charge >= 0.3 is 0 Å². The Balaban J connectivity index is 1.11. The lowest BCUT2D eigenvalue weighted by Gasteiger charge is -2.31. The Morgan fingerprint density at radius 3 is 2.36 bits per heavy atom. The van der Waals surface area contributed by atoms with E-state index < -0.39 is 16.7 Å². The first kappa shape index (κ1) is 37.4. The number of ketones is 1. The molecule has 4 heterocycles. The highest BCUT2D eigenvalue weighted by molar-refractivity contribution is 5.98. The van der Waals surface area contributed by atoms with Gasteiger partial charge in [0.2, 0.25) is 0 Å². The first-order valence-corrected chi connectivity index (χ1v) is 18.1. The summed E-state index contributed by atoms with van der Waals surface area (Å²) in [7, 11) is 1.58. The summed E-state index contributed by atoms with van der Waals surface area (Å²) < 4.78 is 43.8. The second-order valence-corrected chi connectivity index (χ2v) is 13.8. The molecule has 0 amide bonds. The molecule has 55 heavy (non-hydrogen) atoms. The number of benzene rings is 3. The maximum atomic E-state index is 13.9. The van der Waals surface area contributed by atoms with Gasteiger partial charge in [0.05, 0.1) is 44.0 Å². The molecule has 2 aliphatic rings. The van der Waals surface area contributed by atoms with Gasteiger partial charge in [-0.05, 0) is 65.4 Å². The molecule has 282 valence electrons. The number of methoxy groups -OCH3 is 1. The summed E-state index contributed by atoms with van der Waals surface area (Å²) in [6.07, 6.45) is 5.75. The number of Topliss-reactive ketones (excluding diaryl/α,β-unsaturated/α-hetero) is 1. The van der Waals surface area contributed by atoms with Crippen LogP contribution in [0.15, 0.2) is 96.2 Å². The van der Waals surface area contributed by atoms with Crippen molar-refractivity contribution in [3.63, 3.8) is 0 Å². The highest BCUT2D eigenvalue weighted by atomic mass is 19.1. The lowest BCUT2D eigenvalue weighted by molar-refractivity contribution is -0.101. The number of ether oxygens (including phenoxy) is 5. The molecular weight excluding hydrogens is 703 g/mol. The van der Waals surface area contributed by atoms with Crippen LogP contribution in [0.4, 0.5) is 10.2 Å². The Morgan fingerprint density at radius 2 is 1.65 bits per heavy atom. The van der Waals surface area contributed by atoms with Crippen molar-refractivity contribution in [2.75, 3.05) is 52.5 Å². The summed E-state index contributed by atoms with van der Waals surface area (Å²) in [5.74, 6) is 0.668. The fraction of sp³-hybridized carbons (Fsp3) is 0.302. The summed E-state index contributed by atoms with van der Waals surface area (Å²) in [6, 6.07) is 23.0. The van der Waals surface area contributed by atoms with Gasteiger partial charge < -0.3 is 34.0 Å². The van der Waals surface area contributed by atoms with Gasteiger partial charge in [0.25, 0.3) is 0 Å². The molecule has 12 heteroatoms. The van der Waals surface area contributed by atoms with Crippen molar-refractivity contribution >= 4 is 11.6 Å². The number of rotatable bonds is 12. The Kier molecular flexibility index (Phi) is 11.3. The number of anilines is 1. The average Bonchev–Trinajstić information content (AvgIpc) is 3.22. The monoisotopic (exact) mass is 744 g/mol. The third-order valence-electron chi connectivity index (χ3n) is 10.1. The van der Waals surface area contributed by atoms with Gasteiger partial charge in [-0.15, -0.1) is 0 Å². The van der Waals surface area contributed by atoms with Crippen molar-refractivity contribution in [3.05, 3.63) is 119 Å². The van der Waals surface area contributed by atoms with E-state index >= 15 is 0 Å². The number of carbonyl (C=O) groups excluding carboxylic acids is 1. The van der Waals surface area contributed by atoms with Crippen LogP contribution >= 0.6 is 0 Å². The zero-order valence-corrected chi connectivity index (χ0v) is 30.5. The highest BCUT2D eigenvalue weighted by Gasteiger charge is 2.33. The topological polar surface area (TPSA) is 148 Å². The quantitative estimate of drug-likeness (QED) is 0.140. The minimum Gasteiger partial charge on any atom is -0.493 e. The molecule has 5 aromatic rings. The lowest BCUT2D eigenvalue weighted by Crippen LogP contribution is -2.33. The summed E-state index contributed by atoms with van der Waals surface area (Å²) in [5.41, 5.74) is 9.78. The van der Waals surface area contributed by atoms with Crippen molar-refractivity contribution in [1.82, 2.24) is 9.55 Å². The molecule has 1 atom stereocenters. The van der Waals surface area contributed by atoms with E-state index in [1.54, 1.807) is 24.1 Å². The molecule has 0 radical (unpaired) electrons. The van der Waals surface area contributed by atoms with Crippen molar-refractivity contribution < 1.29 is 32.9 Å². The predicted octanol–water partition coefficient (Wildman–Crippen LogP) is 6.51. The van der Waals surface area contributed by atoms with Crippen LogP contribution < -0.4 is 20.6 Å². The second-order valence-electron chi connectivity index (χ2n) is 13.8. The van der Waals surface area contributed by atoms with E-state index in [4.69, 9.17) is 29.4 Å². The van der Waals surface area contributed by atoms with Crippen LogP contribution in [0.1, 0.15) is 28.8 Å². The number of halogens is 1. The van der Waals surface area contributed by atoms with Crippen molar-refractivity contribution in [2.45, 2.75) is 31.9 Å². The van der Waals surface area contributed by atoms with Gasteiger partial charge in [-0.25, -0.2) is 9.37 Å². The Morgan fingerprint density at radius 1 is 0.927 bits per heavy atom. The second kappa shape index (κ2) is 16.7. The van der Waals surface area contributed by atoms with E-state index in [9.17, 15) is 19.2 Å². The van der Waals surface area contributed by atoms with Crippen LogP contribution in [0, 0.1) is 22.6 Å². The number of hydrogen-bond donors (Lipinski definition) is 1. The summed E-state index contributed by atoms with van der Waals surface area (Å²) in [5, 5.41) is 10.1. The fourth-order valence-electron chi connectivity index (χ4n) is 6.90. The van der Waals surface area contributed by atoms with Crippen molar-refractivity contribution in [1.29, 1.82) is 5.26 Å². The molecule has 2 fully saturated rings. The van der Waals surface area contributed by atoms with Gasteiger partial charge in [-0.2, -0.15) is 5.26 Å². The summed E-state index contributed by atoms with van der Waals surface area (Å²) >= 11 is 0. The standard InChI is InChI=1S/C43H41FN4O7/c1-51-40-20-31(8-11-39(40)55-25-34-24-53-16-17-54-34)32-19-35(42(46)47-21-32)29-4-2-28(3-5-29)18-38(49)37-23-48(27-43(26-45)12-14-52-15-13-43)22-36(41(37)50)30-6-9-33(44)10-7-30/h2-11,19-23,34H,12-18,24-25,27H2,1H3,(H2,46,47). The van der Waals surface area contributed by atoms with Crippen LogP contribution in [0.5, 0.6) is 11.5 Å². The zero-order chi connectivity index (χ0) is 38.4. The molecule has 11 nitrogen and oxygen atoms in total. The number of nitrogen functional groups attached to an aromatic ring is 1. The van der Waals surface area contributed by atoms with E-state index in [0.29, 0.717) is 86.5 Å². The van der Waals surface area contributed by atoms with Gasteiger partial charge in [0.15, 0.2) is 22.7 Å². The molecule has 0 saturated carbocycles. The van der Waals surface area contributed by atoms with E-state index in [1.807, 2.05) is 48.5 Å². The minimum atomic E-state index is -0.707. The molecule has 1 unspecified atom stereocenters. The van der Waals surface area contributed by atoms with Gasteiger partial charge in [0.1, 0.15) is 24.3 Å². The number of aromatic nitrogens is 2. The maximum absolute atomic E-state index is 13.9. The molecule has 0 aliphatic carbocycles. The molecule has 0 spiro atoms. The average molecular weight is 745 g/mol. The molecular formula is C43H41FN4O7. The SMILES string of the molecule is COc1cc(-c2cnc(N)c(-c3ccc(CC(=O)c4cn(CC5(C#N)CCOCC5)cc(-c5ccc(F)cc5)c4=O)cc3)c2)ccc1OCC1COCCO1. The third kappa shape index (κ3) is 8.60. The first-order chi connectivity index (χ1) is 26.7. The lowest BCUT2D eigenvalue weighted by atomic mass is 9.81. The molecule has 7 rings (SSSR count). The largest absolute Gasteiger partial charge is 0.493 e. The number of hydrogen-bond acceptors (Lipinski definition) is 10. The molecule has 3 aromatic carbocycles. The number of nitrogens with zero attached hydrogens (tertiary/aromatic N) is 3. The summed E-state index contributed by atoms with van der Waals surface area (Å²) in [4.78, 5) is 32.1. The number of nitrogens with two attached hydrogens (primary N) is 1. The first-order valence-electron chi connectivity index (χ1n) is 18.1. The van der Waals surface area contributed by atoms with Gasteiger partial charge in [-0.1, -0.05) is 42.5 Å². The van der Waals surface area contributed by atoms with Crippen LogP contribution in [0.2, 0.25) is 0 Å².